The van der Waals surface area contributed by atoms with Gasteiger partial charge in [-0.05, 0) is 0 Å². The lowest BCUT2D eigenvalue weighted by atomic mass is 10.4. The van der Waals surface area contributed by atoms with Gasteiger partial charge in [-0.15, -0.1) is 5.10 Å². The van der Waals surface area contributed by atoms with E-state index in [9.17, 15) is 0 Å². The SMILES string of the molecule is COCCNCc1nnc(N2CCSC(C)C2)o1. The lowest BCUT2D eigenvalue weighted by molar-refractivity contribution is 0.198. The third kappa shape index (κ3) is 3.86. The van der Waals surface area contributed by atoms with Crippen molar-refractivity contribution in [2.24, 2.45) is 0 Å². The number of thioether (sulfide) groups is 1. The topological polar surface area (TPSA) is 63.4 Å². The van der Waals surface area contributed by atoms with E-state index in [4.69, 9.17) is 9.15 Å². The van der Waals surface area contributed by atoms with Crippen LogP contribution in [-0.2, 0) is 11.3 Å². The molecular formula is C11H20N4O2S. The summed E-state index contributed by atoms with van der Waals surface area (Å²) in [6.07, 6.45) is 0. The molecule has 0 bridgehead atoms. The summed E-state index contributed by atoms with van der Waals surface area (Å²) < 4.78 is 10.6. The van der Waals surface area contributed by atoms with Crippen LogP contribution in [0, 0.1) is 0 Å². The van der Waals surface area contributed by atoms with Crippen molar-refractivity contribution in [3.05, 3.63) is 5.89 Å². The van der Waals surface area contributed by atoms with Crippen molar-refractivity contribution in [1.82, 2.24) is 15.5 Å². The number of hydrogen-bond acceptors (Lipinski definition) is 7. The fourth-order valence-electron chi connectivity index (χ4n) is 1.81. The van der Waals surface area contributed by atoms with E-state index >= 15 is 0 Å². The summed E-state index contributed by atoms with van der Waals surface area (Å²) in [5.74, 6) is 1.75. The Kier molecular flexibility index (Phi) is 5.27. The van der Waals surface area contributed by atoms with Crippen LogP contribution in [0.2, 0.25) is 0 Å². The number of nitrogens with one attached hydrogen (secondary N) is 1. The molecule has 0 saturated carbocycles. The van der Waals surface area contributed by atoms with Gasteiger partial charge in [-0.3, -0.25) is 0 Å². The van der Waals surface area contributed by atoms with Crippen LogP contribution in [0.4, 0.5) is 6.01 Å². The van der Waals surface area contributed by atoms with Crippen molar-refractivity contribution in [2.45, 2.75) is 18.7 Å². The highest BCUT2D eigenvalue weighted by Gasteiger charge is 2.21. The fourth-order valence-corrected chi connectivity index (χ4v) is 2.82. The third-order valence-corrected chi connectivity index (χ3v) is 3.86. The zero-order valence-corrected chi connectivity index (χ0v) is 11.7. The van der Waals surface area contributed by atoms with Crippen LogP contribution in [0.3, 0.4) is 0 Å². The highest BCUT2D eigenvalue weighted by molar-refractivity contribution is 8.00. The average molecular weight is 272 g/mol. The summed E-state index contributed by atoms with van der Waals surface area (Å²) in [5.41, 5.74) is 0. The first kappa shape index (κ1) is 13.6. The molecule has 1 aliphatic rings. The van der Waals surface area contributed by atoms with Crippen molar-refractivity contribution < 1.29 is 9.15 Å². The monoisotopic (exact) mass is 272 g/mol. The summed E-state index contributed by atoms with van der Waals surface area (Å²) in [6, 6.07) is 0.644. The zero-order valence-electron chi connectivity index (χ0n) is 10.9. The highest BCUT2D eigenvalue weighted by atomic mass is 32.2. The van der Waals surface area contributed by atoms with Crippen molar-refractivity contribution >= 4 is 17.8 Å². The van der Waals surface area contributed by atoms with E-state index in [1.54, 1.807) is 7.11 Å². The van der Waals surface area contributed by atoms with Gasteiger partial charge in [0.2, 0.25) is 5.89 Å². The van der Waals surface area contributed by atoms with E-state index in [-0.39, 0.29) is 0 Å². The van der Waals surface area contributed by atoms with E-state index in [0.717, 1.165) is 25.4 Å². The Morgan fingerprint density at radius 3 is 3.22 bits per heavy atom. The molecular weight excluding hydrogens is 252 g/mol. The second kappa shape index (κ2) is 6.96. The van der Waals surface area contributed by atoms with Crippen LogP contribution < -0.4 is 10.2 Å². The van der Waals surface area contributed by atoms with E-state index in [1.807, 2.05) is 11.8 Å². The van der Waals surface area contributed by atoms with Gasteiger partial charge in [-0.25, -0.2) is 0 Å². The minimum absolute atomic E-state index is 0.592. The standard InChI is InChI=1S/C11H20N4O2S/c1-9-8-15(4-6-18-9)11-14-13-10(17-11)7-12-3-5-16-2/h9,12H,3-8H2,1-2H3. The van der Waals surface area contributed by atoms with Gasteiger partial charge >= 0.3 is 6.01 Å². The Morgan fingerprint density at radius 1 is 1.56 bits per heavy atom. The van der Waals surface area contributed by atoms with E-state index in [2.05, 4.69) is 27.3 Å². The summed E-state index contributed by atoms with van der Waals surface area (Å²) in [5, 5.41) is 12.0. The maximum Gasteiger partial charge on any atom is 0.318 e. The molecule has 7 heteroatoms. The highest BCUT2D eigenvalue weighted by Crippen LogP contribution is 2.22. The number of hydrogen-bond donors (Lipinski definition) is 1. The second-order valence-electron chi connectivity index (χ2n) is 4.28. The van der Waals surface area contributed by atoms with Gasteiger partial charge in [0, 0.05) is 37.7 Å². The fraction of sp³-hybridized carbons (Fsp3) is 0.818. The first-order chi connectivity index (χ1) is 8.79. The van der Waals surface area contributed by atoms with Crippen LogP contribution >= 0.6 is 11.8 Å². The van der Waals surface area contributed by atoms with Gasteiger partial charge in [0.05, 0.1) is 13.2 Å². The predicted molar refractivity (Wildman–Crippen MR) is 72.0 cm³/mol. The molecule has 2 rings (SSSR count). The lowest BCUT2D eigenvalue weighted by Gasteiger charge is -2.28. The quantitative estimate of drug-likeness (QED) is 0.767. The Hall–Kier alpha value is -0.790. The molecule has 1 aromatic heterocycles. The van der Waals surface area contributed by atoms with Crippen LogP contribution in [-0.4, -0.2) is 54.6 Å². The smallest absolute Gasteiger partial charge is 0.318 e. The van der Waals surface area contributed by atoms with Gasteiger partial charge in [0.1, 0.15) is 0 Å². The maximum absolute atomic E-state index is 5.64. The zero-order chi connectivity index (χ0) is 12.8. The van der Waals surface area contributed by atoms with Crippen molar-refractivity contribution in [3.8, 4) is 0 Å². The third-order valence-electron chi connectivity index (χ3n) is 2.73. The number of ether oxygens (including phenoxy) is 1. The largest absolute Gasteiger partial charge is 0.407 e. The first-order valence-electron chi connectivity index (χ1n) is 6.18. The van der Waals surface area contributed by atoms with Gasteiger partial charge < -0.3 is 19.4 Å². The minimum atomic E-state index is 0.592. The van der Waals surface area contributed by atoms with Crippen LogP contribution in [0.1, 0.15) is 12.8 Å². The molecule has 0 spiro atoms. The van der Waals surface area contributed by atoms with Gasteiger partial charge in [-0.2, -0.15) is 11.8 Å². The van der Waals surface area contributed by atoms with Crippen LogP contribution in [0.25, 0.3) is 0 Å². The first-order valence-corrected chi connectivity index (χ1v) is 7.23. The number of rotatable bonds is 6. The summed E-state index contributed by atoms with van der Waals surface area (Å²) in [6.45, 7) is 6.24. The van der Waals surface area contributed by atoms with E-state index in [1.165, 1.54) is 0 Å². The van der Waals surface area contributed by atoms with Gasteiger partial charge in [0.15, 0.2) is 0 Å². The van der Waals surface area contributed by atoms with Crippen LogP contribution in [0.5, 0.6) is 0 Å². The predicted octanol–water partition coefficient (Wildman–Crippen LogP) is 0.747. The molecule has 18 heavy (non-hydrogen) atoms. The minimum Gasteiger partial charge on any atom is -0.407 e. The Labute approximate surface area is 111 Å². The van der Waals surface area contributed by atoms with Crippen molar-refractivity contribution in [3.63, 3.8) is 0 Å². The number of anilines is 1. The molecule has 102 valence electrons. The molecule has 1 saturated heterocycles. The normalized spacial score (nSPS) is 20.3. The van der Waals surface area contributed by atoms with Gasteiger partial charge in [0.25, 0.3) is 0 Å². The lowest BCUT2D eigenvalue weighted by Crippen LogP contribution is -2.36. The Balaban J connectivity index is 1.81. The molecule has 2 heterocycles. The molecule has 1 N–H and O–H groups in total. The molecule has 1 atom stereocenters. The molecule has 0 radical (unpaired) electrons. The average Bonchev–Trinajstić information content (AvgIpc) is 2.83. The molecule has 1 aliphatic heterocycles. The Morgan fingerprint density at radius 2 is 2.44 bits per heavy atom. The number of aromatic nitrogens is 2. The summed E-state index contributed by atoms with van der Waals surface area (Å²) >= 11 is 1.98. The van der Waals surface area contributed by atoms with Gasteiger partial charge in [-0.1, -0.05) is 12.0 Å². The van der Waals surface area contributed by atoms with Crippen molar-refractivity contribution in [1.29, 1.82) is 0 Å². The van der Waals surface area contributed by atoms with E-state index < -0.39 is 0 Å². The number of nitrogens with zero attached hydrogens (tertiary/aromatic N) is 3. The molecule has 0 aliphatic carbocycles. The van der Waals surface area contributed by atoms with E-state index in [0.29, 0.717) is 30.3 Å². The maximum atomic E-state index is 5.64. The molecule has 1 aromatic rings. The van der Waals surface area contributed by atoms with Crippen molar-refractivity contribution in [2.75, 3.05) is 44.0 Å². The molecule has 1 unspecified atom stereocenters. The molecule has 1 fully saturated rings. The second-order valence-corrected chi connectivity index (χ2v) is 5.82. The van der Waals surface area contributed by atoms with Crippen LogP contribution in [0.15, 0.2) is 4.42 Å². The number of methoxy groups -OCH3 is 1. The molecule has 6 nitrogen and oxygen atoms in total. The Bertz CT molecular complexity index is 361. The molecule has 0 amide bonds. The summed E-state index contributed by atoms with van der Waals surface area (Å²) in [7, 11) is 1.68. The summed E-state index contributed by atoms with van der Waals surface area (Å²) in [4.78, 5) is 2.16. The molecule has 0 aromatic carbocycles.